The summed E-state index contributed by atoms with van der Waals surface area (Å²) in [5.74, 6) is -21.0. The van der Waals surface area contributed by atoms with Gasteiger partial charge in [0.2, 0.25) is 82.7 Å². The van der Waals surface area contributed by atoms with Gasteiger partial charge in [-0.3, -0.25) is 82.0 Å². The molecule has 1 saturated heterocycles. The lowest BCUT2D eigenvalue weighted by Gasteiger charge is -2.31. The fourth-order valence-corrected chi connectivity index (χ4v) is 15.3. The molecule has 4 aromatic carbocycles. The second-order valence-corrected chi connectivity index (χ2v) is 34.0. The largest absolute Gasteiger partial charge is 0.508 e. The number of H-pyrrole nitrogens is 2. The van der Waals surface area contributed by atoms with Crippen molar-refractivity contribution in [1.29, 1.82) is 0 Å². The molecule has 0 bridgehead atoms. The number of para-hydroxylation sites is 1. The summed E-state index contributed by atoms with van der Waals surface area (Å²) in [6, 6.07) is 1.68. The summed E-state index contributed by atoms with van der Waals surface area (Å²) in [7, 11) is 0. The normalized spacial score (nSPS) is 16.6. The first-order chi connectivity index (χ1) is 64.6. The van der Waals surface area contributed by atoms with Crippen LogP contribution in [0.15, 0.2) is 134 Å². The van der Waals surface area contributed by atoms with Gasteiger partial charge in [0.05, 0.1) is 43.8 Å². The molecule has 0 aliphatic carbocycles. The van der Waals surface area contributed by atoms with E-state index in [1.807, 2.05) is 0 Å². The highest BCUT2D eigenvalue weighted by atomic mass is 16.4. The van der Waals surface area contributed by atoms with Crippen LogP contribution in [0.5, 0.6) is 11.5 Å². The molecule has 29 N–H and O–H groups in total. The van der Waals surface area contributed by atoms with Gasteiger partial charge in [-0.25, -0.2) is 9.78 Å². The van der Waals surface area contributed by atoms with Gasteiger partial charge in [-0.05, 0) is 123 Å². The number of hydrogen-bond donors (Lipinski definition) is 26. The highest BCUT2D eigenvalue weighted by Crippen LogP contribution is 2.25. The number of aliphatic carboxylic acids is 3. The molecule has 2 aromatic heterocycles. The molecule has 2 aliphatic heterocycles. The van der Waals surface area contributed by atoms with E-state index in [4.69, 9.17) is 17.2 Å². The van der Waals surface area contributed by atoms with Gasteiger partial charge in [0, 0.05) is 68.5 Å². The van der Waals surface area contributed by atoms with Crippen molar-refractivity contribution < 1.29 is 122 Å². The van der Waals surface area contributed by atoms with E-state index in [1.54, 1.807) is 80.6 Å². The number of aliphatic hydroxyl groups is 3. The van der Waals surface area contributed by atoms with Crippen LogP contribution in [0.2, 0.25) is 0 Å². The summed E-state index contributed by atoms with van der Waals surface area (Å²) < 4.78 is 0. The second-order valence-electron chi connectivity index (χ2n) is 34.0. The van der Waals surface area contributed by atoms with Gasteiger partial charge in [-0.2, -0.15) is 0 Å². The predicted octanol–water partition coefficient (Wildman–Crippen LogP) is -5.22. The lowest BCUT2D eigenvalue weighted by Crippen LogP contribution is -2.62. The zero-order chi connectivity index (χ0) is 99.7. The van der Waals surface area contributed by atoms with Crippen molar-refractivity contribution in [2.75, 3.05) is 32.8 Å². The summed E-state index contributed by atoms with van der Waals surface area (Å²) in [4.78, 5) is 251. The smallest absolute Gasteiger partial charge is 0.326 e. The predicted molar refractivity (Wildman–Crippen MR) is 485 cm³/mol. The van der Waals surface area contributed by atoms with E-state index in [2.05, 4.69) is 84.1 Å². The number of phenols is 2. The maximum Gasteiger partial charge on any atom is 0.326 e. The summed E-state index contributed by atoms with van der Waals surface area (Å²) in [6.45, 7) is 5.00. The number of aromatic amines is 2. The Morgan fingerprint density at radius 1 is 0.485 bits per heavy atom. The van der Waals surface area contributed by atoms with Crippen molar-refractivity contribution >= 4 is 112 Å². The van der Waals surface area contributed by atoms with E-state index in [-0.39, 0.29) is 94.8 Å². The monoisotopic (exact) mass is 1900 g/mol. The molecule has 736 valence electrons. The van der Waals surface area contributed by atoms with Crippen LogP contribution in [0.25, 0.3) is 10.9 Å². The average molecular weight is 1900 g/mol. The summed E-state index contributed by atoms with van der Waals surface area (Å²) >= 11 is 0. The van der Waals surface area contributed by atoms with Crippen molar-refractivity contribution in [3.8, 4) is 11.5 Å². The Bertz CT molecular complexity index is 5180. The third-order valence-corrected chi connectivity index (χ3v) is 22.5. The first-order valence-electron chi connectivity index (χ1n) is 44.2. The lowest BCUT2D eigenvalue weighted by molar-refractivity contribution is -0.144. The second kappa shape index (κ2) is 51.8. The maximum absolute atomic E-state index is 15.1. The molecule has 46 heteroatoms. The van der Waals surface area contributed by atoms with Crippen LogP contribution in [0.1, 0.15) is 114 Å². The number of amides is 14. The Morgan fingerprint density at radius 2 is 1.00 bits per heavy atom. The molecule has 16 atom stereocenters. The summed E-state index contributed by atoms with van der Waals surface area (Å²) in [5.41, 5.74) is 20.5. The third kappa shape index (κ3) is 32.2. The Balaban J connectivity index is 0.969. The minimum absolute atomic E-state index is 0.00234. The number of benzene rings is 4. The molecule has 6 aromatic rings. The maximum atomic E-state index is 15.1. The molecule has 4 heterocycles. The van der Waals surface area contributed by atoms with Crippen LogP contribution in [-0.4, -0.2) is 302 Å². The number of nitrogens with zero attached hydrogens (tertiary/aromatic N) is 3. The highest BCUT2D eigenvalue weighted by molar-refractivity contribution is 6.02. The van der Waals surface area contributed by atoms with Gasteiger partial charge in [-0.15, -0.1) is 0 Å². The van der Waals surface area contributed by atoms with Crippen LogP contribution in [0, 0.1) is 11.8 Å². The Hall–Kier alpha value is -14.3. The van der Waals surface area contributed by atoms with E-state index >= 15 is 4.79 Å². The van der Waals surface area contributed by atoms with Crippen LogP contribution >= 0.6 is 0 Å². The number of hydrogen-bond acceptors (Lipinski definition) is 27. The Kier molecular flexibility index (Phi) is 40.8. The minimum atomic E-state index is -2.20. The average Bonchev–Trinajstić information content (AvgIpc) is 1.38. The third-order valence-electron chi connectivity index (χ3n) is 22.5. The standard InChI is InChI=1S/C90H121N21O25/c1-46(2)34-61(78(124)105-66(89(135)136)39-53-42-94-45-97-53)101-83(129)69-19-12-33-111(69)88(134)68(44-113)107-79(125)62(36-51-23-27-55(116)28-24-51)102-85(131)73(47(3)4)108-81(127)63(38-52-41-96-58-17-10-9-16-56(52)58)100-82(128)67(43-112)106-76(122)59(18-11-31-95-90(92)93)98-77(123)60(29-30-71(117)118)99-80(126)64(40-72(119)120)103-86(132)74(48(5)114)109-84(130)70-20-13-32-110(70)87(133)65(37-49-14-7-6-8-15-49)104-75(121)57(91)35-50-21-25-54(115)26-22-50/h6-10,13-17,20-28,41-42,45-48,57,59-70,73-74,90,95-96,112-116H,11-12,18-19,29-40,43-44,91-93H2,1-5H3,(H,94,97)(H,98,123)(H,99,126)(H,100,128)(H,101,129)(H,102,131)(H,103,132)(H,104,121)(H,105,124)(H,106,122)(H,107,125)(H,108,127)(H,109,130)(H,117,118)(H,119,120)(H,135,136)/t48-,57+,59+,60+,61+,62+,63+,64+,65+,66+,67+,68+,69+,70+,73+,74+/m1/s1. The number of nitrogens with two attached hydrogens (primary N) is 3. The van der Waals surface area contributed by atoms with Gasteiger partial charge < -0.3 is 142 Å². The first-order valence-corrected chi connectivity index (χ1v) is 44.2. The molecule has 2 aliphatic rings. The number of carbonyl (C=O) groups is 17. The van der Waals surface area contributed by atoms with Crippen molar-refractivity contribution in [1.82, 2.24) is 93.9 Å². The van der Waals surface area contributed by atoms with E-state index < -0.39 is 248 Å². The quantitative estimate of drug-likeness (QED) is 0.00964. The van der Waals surface area contributed by atoms with E-state index in [1.165, 1.54) is 81.1 Å². The lowest BCUT2D eigenvalue weighted by atomic mass is 9.99. The number of phenolic OH excluding ortho intramolecular Hbond substituents is 2. The summed E-state index contributed by atoms with van der Waals surface area (Å²) in [5, 5.41) is 116. The molecule has 14 amide bonds. The van der Waals surface area contributed by atoms with E-state index in [0.717, 1.165) is 16.7 Å². The van der Waals surface area contributed by atoms with Crippen LogP contribution < -0.4 is 86.3 Å². The molecule has 0 unspecified atom stereocenters. The van der Waals surface area contributed by atoms with Gasteiger partial charge in [0.15, 0.2) is 0 Å². The number of aromatic nitrogens is 3. The van der Waals surface area contributed by atoms with Gasteiger partial charge in [0.1, 0.15) is 102 Å². The zero-order valence-electron chi connectivity index (χ0n) is 75.5. The number of carboxylic acid groups (broad SMARTS) is 3. The molecule has 8 rings (SSSR count). The number of carboxylic acids is 3. The number of aliphatic hydroxyl groups excluding tert-OH is 3. The molecule has 0 radical (unpaired) electrons. The molecule has 1 fully saturated rings. The van der Waals surface area contributed by atoms with Gasteiger partial charge >= 0.3 is 17.9 Å². The van der Waals surface area contributed by atoms with Crippen molar-refractivity contribution in [3.05, 3.63) is 162 Å². The Morgan fingerprint density at radius 3 is 1.60 bits per heavy atom. The summed E-state index contributed by atoms with van der Waals surface area (Å²) in [6.07, 6.45) is -0.0423. The van der Waals surface area contributed by atoms with E-state index in [9.17, 15) is 118 Å². The SMILES string of the molecule is CC(C)C[C@H](NC(=O)[C@@H]1CCCN1C(=O)[C@H](CO)NC(=O)[C@H](Cc1ccc(O)cc1)NC(=O)[C@@H](NC(=O)[C@H](Cc1c[nH]c2ccccc12)NC(=O)[C@H](CO)NC(=O)[C@H](CCCNC(N)N)NC(=O)[C@H](CCC(=O)O)NC(=O)[C@H](CC(=O)O)NC(=O)[C@@H](NC(=O)[C@@H]1C=CCN1C(=O)[C@H](Cc1ccccc1)NC(=O)[C@@H](N)Cc1ccc(O)cc1)[C@@H](C)O)C(C)C)C(=O)N[C@@H](Cc1c[nH]cn1)C(=O)O. The first kappa shape index (κ1) is 107. The van der Waals surface area contributed by atoms with E-state index in [0.29, 0.717) is 38.9 Å². The molecular formula is C90H121N21O25. The van der Waals surface area contributed by atoms with Gasteiger partial charge in [-0.1, -0.05) is 113 Å². The van der Waals surface area contributed by atoms with Crippen LogP contribution in [0.4, 0.5) is 0 Å². The fourth-order valence-electron chi connectivity index (χ4n) is 15.3. The zero-order valence-corrected chi connectivity index (χ0v) is 75.5. The van der Waals surface area contributed by atoms with Gasteiger partial charge in [0.25, 0.3) is 0 Å². The molecule has 46 nitrogen and oxygen atoms in total. The minimum Gasteiger partial charge on any atom is -0.508 e. The van der Waals surface area contributed by atoms with Crippen molar-refractivity contribution in [2.24, 2.45) is 29.0 Å². The number of aromatic hydroxyl groups is 2. The topological polar surface area (TPSA) is 737 Å². The molecule has 136 heavy (non-hydrogen) atoms. The Labute approximate surface area is 780 Å². The number of fused-ring (bicyclic) bond motifs is 1. The highest BCUT2D eigenvalue weighted by Gasteiger charge is 2.44. The molecule has 0 saturated carbocycles. The number of rotatable bonds is 53. The van der Waals surface area contributed by atoms with Crippen molar-refractivity contribution in [3.63, 3.8) is 0 Å². The van der Waals surface area contributed by atoms with Crippen LogP contribution in [-0.2, 0) is 114 Å². The van der Waals surface area contributed by atoms with Crippen LogP contribution in [0.3, 0.4) is 0 Å². The number of likely N-dealkylation sites (tertiary alicyclic amines) is 1. The molecule has 0 spiro atoms. The molecular weight excluding hydrogens is 1780 g/mol. The number of imidazole rings is 1. The number of nitrogens with one attached hydrogen (secondary N) is 15. The fraction of sp³-hybridized carbons (Fsp3) is 0.467. The van der Waals surface area contributed by atoms with Crippen molar-refractivity contribution in [2.45, 2.75) is 221 Å². The number of carbonyl (C=O) groups excluding carboxylic acids is 14.